The lowest BCUT2D eigenvalue weighted by molar-refractivity contribution is 0.00111. The summed E-state index contributed by atoms with van der Waals surface area (Å²) in [6, 6.07) is 10.7. The average molecular weight is 349 g/mol. The minimum Gasteiger partial charge on any atom is -0.507 e. The number of benzene rings is 1. The molecular weight excluding hydrogens is 332 g/mol. The van der Waals surface area contributed by atoms with Gasteiger partial charge in [-0.1, -0.05) is 27.2 Å². The van der Waals surface area contributed by atoms with E-state index in [9.17, 15) is 5.11 Å². The van der Waals surface area contributed by atoms with Gasteiger partial charge in [0, 0.05) is 16.2 Å². The van der Waals surface area contributed by atoms with E-state index < -0.39 is 5.60 Å². The molecule has 0 spiro atoms. The number of aromatic nitrogens is 1. The van der Waals surface area contributed by atoms with E-state index in [1.54, 1.807) is 24.4 Å². The highest BCUT2D eigenvalue weighted by molar-refractivity contribution is 9.10. The van der Waals surface area contributed by atoms with Gasteiger partial charge in [0.05, 0.1) is 5.69 Å². The molecule has 0 aliphatic heterocycles. The first-order valence-corrected chi connectivity index (χ1v) is 7.32. The summed E-state index contributed by atoms with van der Waals surface area (Å²) in [4.78, 5) is 9.81. The maximum atomic E-state index is 10.1. The van der Waals surface area contributed by atoms with Crippen molar-refractivity contribution in [2.45, 2.75) is 26.4 Å². The molecule has 0 fully saturated rings. The lowest BCUT2D eigenvalue weighted by Gasteiger charge is -2.17. The van der Waals surface area contributed by atoms with Crippen molar-refractivity contribution in [3.63, 3.8) is 0 Å². The van der Waals surface area contributed by atoms with E-state index in [-0.39, 0.29) is 5.75 Å². The van der Waals surface area contributed by atoms with E-state index in [0.717, 1.165) is 4.47 Å². The molecule has 1 N–H and O–H groups in total. The van der Waals surface area contributed by atoms with Gasteiger partial charge in [0.2, 0.25) is 0 Å². The molecule has 2 aromatic rings. The molecule has 4 nitrogen and oxygen atoms in total. The van der Waals surface area contributed by atoms with Crippen LogP contribution < -0.4 is 0 Å². The van der Waals surface area contributed by atoms with Crippen LogP contribution in [0.2, 0.25) is 0 Å². The molecule has 110 valence electrons. The van der Waals surface area contributed by atoms with Gasteiger partial charge in [0.15, 0.2) is 0 Å². The monoisotopic (exact) mass is 348 g/mol. The number of hydrogen-bond donors (Lipinski definition) is 1. The molecular formula is C16H17BrN2O2. The van der Waals surface area contributed by atoms with Crippen molar-refractivity contribution in [2.75, 3.05) is 0 Å². The van der Waals surface area contributed by atoms with Crippen LogP contribution in [0.25, 0.3) is 0 Å². The summed E-state index contributed by atoms with van der Waals surface area (Å²) >= 11 is 3.40. The van der Waals surface area contributed by atoms with Crippen LogP contribution in [-0.2, 0) is 4.84 Å². The molecule has 0 atom stereocenters. The fourth-order valence-electron chi connectivity index (χ4n) is 1.62. The Kier molecular flexibility index (Phi) is 4.63. The Morgan fingerprint density at radius 2 is 2.00 bits per heavy atom. The summed E-state index contributed by atoms with van der Waals surface area (Å²) in [5.74, 6) is 0.125. The molecule has 0 saturated heterocycles. The second kappa shape index (κ2) is 6.26. The third-order valence-electron chi connectivity index (χ3n) is 2.53. The fourth-order valence-corrected chi connectivity index (χ4v) is 1.98. The molecule has 0 radical (unpaired) electrons. The van der Waals surface area contributed by atoms with Gasteiger partial charge in [-0.3, -0.25) is 4.98 Å². The van der Waals surface area contributed by atoms with Crippen LogP contribution in [0.5, 0.6) is 5.75 Å². The van der Waals surface area contributed by atoms with E-state index in [2.05, 4.69) is 26.1 Å². The van der Waals surface area contributed by atoms with Gasteiger partial charge in [-0.05, 0) is 51.1 Å². The van der Waals surface area contributed by atoms with Crippen molar-refractivity contribution >= 4 is 21.6 Å². The maximum Gasteiger partial charge on any atom is 0.139 e. The highest BCUT2D eigenvalue weighted by Gasteiger charge is 2.17. The van der Waals surface area contributed by atoms with Gasteiger partial charge < -0.3 is 9.94 Å². The molecule has 0 amide bonds. The predicted molar refractivity (Wildman–Crippen MR) is 86.5 cm³/mol. The standard InChI is InChI=1S/C16H17BrN2O2/c1-16(2,3)21-19-15(13-6-4-5-9-18-13)12-10-11(17)7-8-14(12)20/h4-10,20H,1-3H3/b19-15-. The Balaban J connectivity index is 2.53. The number of nitrogens with zero attached hydrogens (tertiary/aromatic N) is 2. The zero-order valence-electron chi connectivity index (χ0n) is 12.2. The van der Waals surface area contributed by atoms with Crippen LogP contribution in [0.1, 0.15) is 32.0 Å². The van der Waals surface area contributed by atoms with Crippen molar-refractivity contribution in [3.05, 3.63) is 58.3 Å². The summed E-state index contributed by atoms with van der Waals surface area (Å²) in [6.45, 7) is 5.73. The summed E-state index contributed by atoms with van der Waals surface area (Å²) in [5, 5.41) is 14.3. The number of rotatable bonds is 3. The van der Waals surface area contributed by atoms with Crippen molar-refractivity contribution in [1.29, 1.82) is 0 Å². The van der Waals surface area contributed by atoms with Crippen molar-refractivity contribution in [3.8, 4) is 5.75 Å². The van der Waals surface area contributed by atoms with E-state index >= 15 is 0 Å². The Morgan fingerprint density at radius 3 is 2.62 bits per heavy atom. The number of phenolic OH excluding ortho intramolecular Hbond substituents is 1. The van der Waals surface area contributed by atoms with Gasteiger partial charge in [-0.2, -0.15) is 0 Å². The quantitative estimate of drug-likeness (QED) is 0.670. The number of halogens is 1. The first-order valence-electron chi connectivity index (χ1n) is 6.53. The Hall–Kier alpha value is -1.88. The van der Waals surface area contributed by atoms with Crippen molar-refractivity contribution in [1.82, 2.24) is 4.98 Å². The van der Waals surface area contributed by atoms with Crippen LogP contribution in [-0.4, -0.2) is 21.4 Å². The van der Waals surface area contributed by atoms with Crippen LogP contribution in [0.15, 0.2) is 52.2 Å². The number of pyridine rings is 1. The third kappa shape index (κ3) is 4.29. The average Bonchev–Trinajstić information content (AvgIpc) is 2.43. The van der Waals surface area contributed by atoms with E-state index in [4.69, 9.17) is 4.84 Å². The molecule has 2 rings (SSSR count). The minimum absolute atomic E-state index is 0.125. The molecule has 5 heteroatoms. The van der Waals surface area contributed by atoms with Crippen LogP contribution >= 0.6 is 15.9 Å². The van der Waals surface area contributed by atoms with Crippen molar-refractivity contribution in [2.24, 2.45) is 5.16 Å². The zero-order valence-corrected chi connectivity index (χ0v) is 13.8. The number of aromatic hydroxyl groups is 1. The second-order valence-corrected chi connectivity index (χ2v) is 6.44. The zero-order chi connectivity index (χ0) is 15.5. The third-order valence-corrected chi connectivity index (χ3v) is 3.03. The summed E-state index contributed by atoms with van der Waals surface area (Å²) in [7, 11) is 0. The minimum atomic E-state index is -0.429. The van der Waals surface area contributed by atoms with E-state index in [0.29, 0.717) is 17.0 Å². The van der Waals surface area contributed by atoms with Gasteiger partial charge in [-0.15, -0.1) is 0 Å². The van der Waals surface area contributed by atoms with Crippen molar-refractivity contribution < 1.29 is 9.94 Å². The maximum absolute atomic E-state index is 10.1. The smallest absolute Gasteiger partial charge is 0.139 e. The molecule has 0 bridgehead atoms. The van der Waals surface area contributed by atoms with Gasteiger partial charge in [0.25, 0.3) is 0 Å². The number of oxime groups is 1. The summed E-state index contributed by atoms with van der Waals surface area (Å²) in [5.41, 5.74) is 1.26. The number of hydrogen-bond acceptors (Lipinski definition) is 4. The fraction of sp³-hybridized carbons (Fsp3) is 0.250. The van der Waals surface area contributed by atoms with Crippen LogP contribution in [0.4, 0.5) is 0 Å². The Bertz CT molecular complexity index is 649. The first-order chi connectivity index (χ1) is 9.87. The highest BCUT2D eigenvalue weighted by Crippen LogP contribution is 2.25. The molecule has 1 aromatic carbocycles. The summed E-state index contributed by atoms with van der Waals surface area (Å²) in [6.07, 6.45) is 1.68. The second-order valence-electron chi connectivity index (χ2n) is 5.52. The van der Waals surface area contributed by atoms with Crippen LogP contribution in [0, 0.1) is 0 Å². The molecule has 1 aromatic heterocycles. The largest absolute Gasteiger partial charge is 0.507 e. The van der Waals surface area contributed by atoms with Gasteiger partial charge in [0.1, 0.15) is 17.1 Å². The SMILES string of the molecule is CC(C)(C)O/N=C(\c1ccccn1)c1cc(Br)ccc1O. The Labute approximate surface area is 132 Å². The summed E-state index contributed by atoms with van der Waals surface area (Å²) < 4.78 is 0.842. The number of phenols is 1. The van der Waals surface area contributed by atoms with Gasteiger partial charge in [-0.25, -0.2) is 0 Å². The normalized spacial score (nSPS) is 12.3. The van der Waals surface area contributed by atoms with E-state index in [1.807, 2.05) is 39.0 Å². The van der Waals surface area contributed by atoms with E-state index in [1.165, 1.54) is 0 Å². The van der Waals surface area contributed by atoms with Gasteiger partial charge >= 0.3 is 0 Å². The predicted octanol–water partition coefficient (Wildman–Crippen LogP) is 4.12. The lowest BCUT2D eigenvalue weighted by Crippen LogP contribution is -2.18. The molecule has 1 heterocycles. The molecule has 0 aliphatic carbocycles. The Morgan fingerprint density at radius 1 is 1.24 bits per heavy atom. The topological polar surface area (TPSA) is 54.7 Å². The highest BCUT2D eigenvalue weighted by atomic mass is 79.9. The molecule has 0 unspecified atom stereocenters. The first kappa shape index (κ1) is 15.5. The lowest BCUT2D eigenvalue weighted by atomic mass is 10.1. The molecule has 0 saturated carbocycles. The molecule has 0 aliphatic rings. The molecule has 21 heavy (non-hydrogen) atoms. The van der Waals surface area contributed by atoms with Crippen LogP contribution in [0.3, 0.4) is 0 Å².